The molecule has 27 heavy (non-hydrogen) atoms. The first kappa shape index (κ1) is 16.8. The summed E-state index contributed by atoms with van der Waals surface area (Å²) in [6.07, 6.45) is 4.40. The van der Waals surface area contributed by atoms with E-state index in [4.69, 9.17) is 11.6 Å². The minimum atomic E-state index is -0.274. The van der Waals surface area contributed by atoms with E-state index in [0.717, 1.165) is 31.2 Å². The molecule has 0 spiro atoms. The van der Waals surface area contributed by atoms with Crippen LogP contribution in [0.25, 0.3) is 11.2 Å². The molecule has 0 saturated heterocycles. The van der Waals surface area contributed by atoms with Crippen LogP contribution < -0.4 is 11.2 Å². The van der Waals surface area contributed by atoms with Crippen LogP contribution in [0, 0.1) is 11.8 Å². The van der Waals surface area contributed by atoms with Gasteiger partial charge in [-0.25, -0.2) is 4.79 Å². The van der Waals surface area contributed by atoms with Gasteiger partial charge in [-0.15, -0.1) is 0 Å². The summed E-state index contributed by atoms with van der Waals surface area (Å²) in [6, 6.07) is 9.84. The molecule has 1 aromatic carbocycles. The van der Waals surface area contributed by atoms with Gasteiger partial charge in [0.1, 0.15) is 0 Å². The molecule has 0 bridgehead atoms. The van der Waals surface area contributed by atoms with Gasteiger partial charge in [-0.3, -0.25) is 13.9 Å². The first-order valence-corrected chi connectivity index (χ1v) is 9.93. The summed E-state index contributed by atoms with van der Waals surface area (Å²) < 4.78 is 4.81. The smallest absolute Gasteiger partial charge is 0.304 e. The van der Waals surface area contributed by atoms with Gasteiger partial charge in [0, 0.05) is 13.1 Å². The fourth-order valence-corrected chi connectivity index (χ4v) is 3.84. The van der Waals surface area contributed by atoms with Crippen molar-refractivity contribution in [2.45, 2.75) is 45.3 Å². The Morgan fingerprint density at radius 1 is 0.926 bits per heavy atom. The van der Waals surface area contributed by atoms with Crippen molar-refractivity contribution in [1.82, 2.24) is 18.7 Å². The number of imidazole rings is 1. The van der Waals surface area contributed by atoms with Gasteiger partial charge in [0.15, 0.2) is 11.2 Å². The van der Waals surface area contributed by atoms with Crippen LogP contribution in [0.1, 0.15) is 31.2 Å². The third kappa shape index (κ3) is 3.12. The number of nitrogens with zero attached hydrogens (tertiary/aromatic N) is 4. The third-order valence-corrected chi connectivity index (χ3v) is 5.82. The van der Waals surface area contributed by atoms with Crippen LogP contribution in [0.5, 0.6) is 0 Å². The number of fused-ring (bicyclic) bond motifs is 1. The van der Waals surface area contributed by atoms with E-state index in [0.29, 0.717) is 42.6 Å². The van der Waals surface area contributed by atoms with Gasteiger partial charge in [0.05, 0.1) is 6.54 Å². The van der Waals surface area contributed by atoms with Crippen molar-refractivity contribution in [3.63, 3.8) is 0 Å². The zero-order chi connectivity index (χ0) is 18.5. The second-order valence-electron chi connectivity index (χ2n) is 7.82. The molecule has 2 aliphatic carbocycles. The summed E-state index contributed by atoms with van der Waals surface area (Å²) in [7, 11) is 0. The molecule has 2 aromatic heterocycles. The van der Waals surface area contributed by atoms with Crippen LogP contribution in [0.4, 0.5) is 0 Å². The van der Waals surface area contributed by atoms with Crippen LogP contribution in [0.2, 0.25) is 5.28 Å². The van der Waals surface area contributed by atoms with E-state index in [-0.39, 0.29) is 16.5 Å². The Balaban J connectivity index is 1.72. The summed E-state index contributed by atoms with van der Waals surface area (Å²) in [5.41, 5.74) is 1.37. The van der Waals surface area contributed by atoms with Crippen molar-refractivity contribution in [3.8, 4) is 0 Å². The van der Waals surface area contributed by atoms with Crippen LogP contribution in [-0.4, -0.2) is 18.7 Å². The van der Waals surface area contributed by atoms with Crippen molar-refractivity contribution in [1.29, 1.82) is 0 Å². The number of hydrogen-bond acceptors (Lipinski definition) is 3. The number of halogens is 1. The molecule has 140 valence electrons. The molecule has 6 nitrogen and oxygen atoms in total. The second kappa shape index (κ2) is 6.37. The number of hydrogen-bond donors (Lipinski definition) is 0. The van der Waals surface area contributed by atoms with E-state index in [2.05, 4.69) is 4.98 Å². The maximum atomic E-state index is 13.2. The van der Waals surface area contributed by atoms with Gasteiger partial charge in [-0.2, -0.15) is 4.98 Å². The molecule has 0 aliphatic heterocycles. The summed E-state index contributed by atoms with van der Waals surface area (Å²) in [4.78, 5) is 30.7. The molecule has 3 aromatic rings. The lowest BCUT2D eigenvalue weighted by Gasteiger charge is -2.12. The monoisotopic (exact) mass is 384 g/mol. The SMILES string of the molecule is O=c1c2c(nc(Cl)n2Cc2ccccc2)n(CC2CC2)c(=O)n1CC1CC1. The van der Waals surface area contributed by atoms with Gasteiger partial charge in [-0.05, 0) is 54.7 Å². The Kier molecular flexibility index (Phi) is 3.97. The normalized spacial score (nSPS) is 16.9. The van der Waals surface area contributed by atoms with Gasteiger partial charge in [0.25, 0.3) is 5.56 Å². The predicted molar refractivity (Wildman–Crippen MR) is 104 cm³/mol. The third-order valence-electron chi connectivity index (χ3n) is 5.53. The molecule has 0 amide bonds. The standard InChI is InChI=1S/C20H21ClN4O2/c21-19-22-17-16(23(19)10-13-4-2-1-3-5-13)18(26)25(12-15-8-9-15)20(27)24(17)11-14-6-7-14/h1-5,14-15H,6-12H2. The Bertz CT molecular complexity index is 1120. The fraction of sp³-hybridized carbons (Fsp3) is 0.450. The molecule has 0 N–H and O–H groups in total. The first-order valence-electron chi connectivity index (χ1n) is 9.55. The van der Waals surface area contributed by atoms with E-state index in [9.17, 15) is 9.59 Å². The molecule has 0 atom stereocenters. The van der Waals surface area contributed by atoms with Crippen LogP contribution in [0.3, 0.4) is 0 Å². The molecule has 2 heterocycles. The van der Waals surface area contributed by atoms with E-state index < -0.39 is 0 Å². The summed E-state index contributed by atoms with van der Waals surface area (Å²) >= 11 is 6.42. The van der Waals surface area contributed by atoms with Gasteiger partial charge >= 0.3 is 5.69 Å². The summed E-state index contributed by atoms with van der Waals surface area (Å²) in [5, 5.41) is 0.249. The summed E-state index contributed by atoms with van der Waals surface area (Å²) in [5.74, 6) is 0.930. The minimum absolute atomic E-state index is 0.243. The Morgan fingerprint density at radius 2 is 1.56 bits per heavy atom. The average Bonchev–Trinajstić information content (AvgIpc) is 3.58. The topological polar surface area (TPSA) is 61.8 Å². The van der Waals surface area contributed by atoms with Gasteiger partial charge in [0.2, 0.25) is 5.28 Å². The highest BCUT2D eigenvalue weighted by Crippen LogP contribution is 2.32. The molecule has 2 saturated carbocycles. The molecule has 0 unspecified atom stereocenters. The Morgan fingerprint density at radius 3 is 2.19 bits per heavy atom. The van der Waals surface area contributed by atoms with Crippen LogP contribution in [0.15, 0.2) is 39.9 Å². The first-order chi connectivity index (χ1) is 13.1. The Labute approximate surface area is 161 Å². The van der Waals surface area contributed by atoms with E-state index in [1.165, 1.54) is 4.57 Å². The highest BCUT2D eigenvalue weighted by Gasteiger charge is 2.29. The van der Waals surface area contributed by atoms with Crippen molar-refractivity contribution in [3.05, 3.63) is 62.0 Å². The number of rotatable bonds is 6. The zero-order valence-corrected chi connectivity index (χ0v) is 15.7. The minimum Gasteiger partial charge on any atom is -0.304 e. The predicted octanol–water partition coefficient (Wildman–Crippen LogP) is 2.88. The van der Waals surface area contributed by atoms with Crippen molar-refractivity contribution < 1.29 is 0 Å². The van der Waals surface area contributed by atoms with E-state index in [1.807, 2.05) is 30.3 Å². The lowest BCUT2D eigenvalue weighted by atomic mass is 10.2. The highest BCUT2D eigenvalue weighted by molar-refractivity contribution is 6.29. The number of benzene rings is 1. The van der Waals surface area contributed by atoms with E-state index >= 15 is 0 Å². The summed E-state index contributed by atoms with van der Waals surface area (Å²) in [6.45, 7) is 1.56. The largest absolute Gasteiger partial charge is 0.332 e. The zero-order valence-electron chi connectivity index (χ0n) is 15.0. The maximum Gasteiger partial charge on any atom is 0.332 e. The molecule has 5 rings (SSSR count). The Hall–Kier alpha value is -2.34. The molecule has 0 radical (unpaired) electrons. The maximum absolute atomic E-state index is 13.2. The molecule has 2 fully saturated rings. The van der Waals surface area contributed by atoms with Crippen molar-refractivity contribution in [2.24, 2.45) is 11.8 Å². The second-order valence-corrected chi connectivity index (χ2v) is 8.16. The van der Waals surface area contributed by atoms with E-state index in [1.54, 1.807) is 9.13 Å². The molecule has 2 aliphatic rings. The molecular formula is C20H21ClN4O2. The van der Waals surface area contributed by atoms with Gasteiger partial charge in [-0.1, -0.05) is 30.3 Å². The highest BCUT2D eigenvalue weighted by atomic mass is 35.5. The van der Waals surface area contributed by atoms with Gasteiger partial charge < -0.3 is 4.57 Å². The van der Waals surface area contributed by atoms with Crippen molar-refractivity contribution in [2.75, 3.05) is 0 Å². The fourth-order valence-electron chi connectivity index (χ4n) is 3.62. The van der Waals surface area contributed by atoms with Crippen LogP contribution >= 0.6 is 11.6 Å². The lowest BCUT2D eigenvalue weighted by molar-refractivity contribution is 0.519. The lowest BCUT2D eigenvalue weighted by Crippen LogP contribution is -2.41. The molecule has 7 heteroatoms. The number of aromatic nitrogens is 4. The average molecular weight is 385 g/mol. The van der Waals surface area contributed by atoms with Crippen LogP contribution in [-0.2, 0) is 19.6 Å². The quantitative estimate of drug-likeness (QED) is 0.614. The molecular weight excluding hydrogens is 364 g/mol. The van der Waals surface area contributed by atoms with Crippen molar-refractivity contribution >= 4 is 22.8 Å².